The molecule has 2 aromatic carbocycles. The van der Waals surface area contributed by atoms with Gasteiger partial charge in [0.1, 0.15) is 13.2 Å². The molecule has 4 rings (SSSR count). The molecular formula is C23H29N3O5S. The Hall–Kier alpha value is -2.62. The second-order valence-corrected chi connectivity index (χ2v) is 9.83. The Bertz CT molecular complexity index is 1050. The van der Waals surface area contributed by atoms with E-state index in [0.29, 0.717) is 50.6 Å². The molecule has 9 heteroatoms. The van der Waals surface area contributed by atoms with Crippen LogP contribution in [0.3, 0.4) is 0 Å². The van der Waals surface area contributed by atoms with Crippen molar-refractivity contribution in [1.29, 1.82) is 0 Å². The molecule has 0 unspecified atom stereocenters. The van der Waals surface area contributed by atoms with E-state index in [0.717, 1.165) is 30.9 Å². The lowest BCUT2D eigenvalue weighted by atomic mass is 10.1. The SMILES string of the molecule is CCN1CCN(S(=O)(=O)c2ccc(NC(=O)CCc3ccc4c(c3)OCCO4)cc2)CC1. The Balaban J connectivity index is 1.31. The number of piperazine rings is 1. The molecule has 1 N–H and O–H groups in total. The van der Waals surface area contributed by atoms with Crippen LogP contribution < -0.4 is 14.8 Å². The fourth-order valence-electron chi connectivity index (χ4n) is 3.87. The molecule has 8 nitrogen and oxygen atoms in total. The van der Waals surface area contributed by atoms with Crippen LogP contribution in [-0.4, -0.2) is 69.5 Å². The smallest absolute Gasteiger partial charge is 0.243 e. The van der Waals surface area contributed by atoms with Gasteiger partial charge in [0.25, 0.3) is 0 Å². The molecule has 0 saturated carbocycles. The maximum absolute atomic E-state index is 12.9. The lowest BCUT2D eigenvalue weighted by molar-refractivity contribution is -0.116. The fraction of sp³-hybridized carbons (Fsp3) is 0.435. The van der Waals surface area contributed by atoms with E-state index in [9.17, 15) is 13.2 Å². The summed E-state index contributed by atoms with van der Waals surface area (Å²) in [5.74, 6) is 1.31. The monoisotopic (exact) mass is 459 g/mol. The van der Waals surface area contributed by atoms with Crippen LogP contribution in [0.25, 0.3) is 0 Å². The highest BCUT2D eigenvalue weighted by atomic mass is 32.2. The normalized spacial score (nSPS) is 17.2. The maximum Gasteiger partial charge on any atom is 0.243 e. The quantitative estimate of drug-likeness (QED) is 0.684. The molecule has 0 aromatic heterocycles. The van der Waals surface area contributed by atoms with Crippen LogP contribution in [-0.2, 0) is 21.2 Å². The summed E-state index contributed by atoms with van der Waals surface area (Å²) in [5.41, 5.74) is 1.57. The van der Waals surface area contributed by atoms with Gasteiger partial charge in [0.2, 0.25) is 15.9 Å². The first kappa shape index (κ1) is 22.6. The molecule has 1 amide bonds. The average Bonchev–Trinajstić information content (AvgIpc) is 2.83. The van der Waals surface area contributed by atoms with Gasteiger partial charge in [-0.2, -0.15) is 4.31 Å². The third kappa shape index (κ3) is 5.23. The number of carbonyl (C=O) groups is 1. The molecular weight excluding hydrogens is 430 g/mol. The van der Waals surface area contributed by atoms with E-state index >= 15 is 0 Å². The number of anilines is 1. The summed E-state index contributed by atoms with van der Waals surface area (Å²) < 4.78 is 38.4. The molecule has 2 aromatic rings. The Morgan fingerprint density at radius 2 is 1.66 bits per heavy atom. The molecule has 2 aliphatic heterocycles. The summed E-state index contributed by atoms with van der Waals surface area (Å²) in [6.45, 7) is 6.55. The highest BCUT2D eigenvalue weighted by molar-refractivity contribution is 7.89. The minimum Gasteiger partial charge on any atom is -0.486 e. The van der Waals surface area contributed by atoms with Crippen molar-refractivity contribution < 1.29 is 22.7 Å². The number of ether oxygens (including phenoxy) is 2. The van der Waals surface area contributed by atoms with Crippen LogP contribution in [0.15, 0.2) is 47.4 Å². The van der Waals surface area contributed by atoms with Crippen molar-refractivity contribution in [2.45, 2.75) is 24.7 Å². The third-order valence-electron chi connectivity index (χ3n) is 5.80. The van der Waals surface area contributed by atoms with Gasteiger partial charge in [0.05, 0.1) is 4.90 Å². The summed E-state index contributed by atoms with van der Waals surface area (Å²) in [5, 5.41) is 2.84. The molecule has 1 fully saturated rings. The minimum absolute atomic E-state index is 0.133. The largest absolute Gasteiger partial charge is 0.486 e. The van der Waals surface area contributed by atoms with E-state index in [1.54, 1.807) is 24.3 Å². The van der Waals surface area contributed by atoms with Crippen LogP contribution in [0.2, 0.25) is 0 Å². The lowest BCUT2D eigenvalue weighted by Gasteiger charge is -2.33. The molecule has 172 valence electrons. The average molecular weight is 460 g/mol. The molecule has 0 bridgehead atoms. The number of hydrogen-bond acceptors (Lipinski definition) is 6. The van der Waals surface area contributed by atoms with E-state index in [2.05, 4.69) is 17.1 Å². The van der Waals surface area contributed by atoms with Crippen molar-refractivity contribution in [2.75, 3.05) is 51.3 Å². The van der Waals surface area contributed by atoms with Crippen molar-refractivity contribution in [3.05, 3.63) is 48.0 Å². The fourth-order valence-corrected chi connectivity index (χ4v) is 5.29. The van der Waals surface area contributed by atoms with E-state index < -0.39 is 10.0 Å². The van der Waals surface area contributed by atoms with Gasteiger partial charge in [-0.25, -0.2) is 8.42 Å². The summed E-state index contributed by atoms with van der Waals surface area (Å²) in [7, 11) is -3.52. The number of amides is 1. The number of benzene rings is 2. The van der Waals surface area contributed by atoms with E-state index in [-0.39, 0.29) is 10.8 Å². The first-order valence-corrected chi connectivity index (χ1v) is 12.4. The topological polar surface area (TPSA) is 88.2 Å². The number of aryl methyl sites for hydroxylation is 1. The zero-order valence-electron chi connectivity index (χ0n) is 18.2. The number of sulfonamides is 1. The molecule has 2 heterocycles. The predicted octanol–water partition coefficient (Wildman–Crippen LogP) is 2.36. The van der Waals surface area contributed by atoms with Crippen LogP contribution in [0, 0.1) is 0 Å². The van der Waals surface area contributed by atoms with Gasteiger partial charge in [-0.3, -0.25) is 4.79 Å². The summed E-state index contributed by atoms with van der Waals surface area (Å²) in [6, 6.07) is 12.1. The highest BCUT2D eigenvalue weighted by Crippen LogP contribution is 2.31. The van der Waals surface area contributed by atoms with Crippen LogP contribution in [0.1, 0.15) is 18.9 Å². The number of fused-ring (bicyclic) bond motifs is 1. The van der Waals surface area contributed by atoms with Gasteiger partial charge >= 0.3 is 0 Å². The summed E-state index contributed by atoms with van der Waals surface area (Å²) >= 11 is 0. The standard InChI is InChI=1S/C23H29N3O5S/c1-2-25-11-13-26(14-12-25)32(28,29)20-7-5-19(6-8-20)24-23(27)10-4-18-3-9-21-22(17-18)31-16-15-30-21/h3,5-9,17H,2,4,10-16H2,1H3,(H,24,27). The number of rotatable bonds is 7. The molecule has 32 heavy (non-hydrogen) atoms. The van der Waals surface area contributed by atoms with Gasteiger partial charge in [0, 0.05) is 38.3 Å². The molecule has 1 saturated heterocycles. The van der Waals surface area contributed by atoms with Crippen LogP contribution in [0.4, 0.5) is 5.69 Å². The van der Waals surface area contributed by atoms with Crippen molar-refractivity contribution >= 4 is 21.6 Å². The zero-order chi connectivity index (χ0) is 22.6. The number of nitrogens with one attached hydrogen (secondary N) is 1. The number of nitrogens with zero attached hydrogens (tertiary/aromatic N) is 2. The van der Waals surface area contributed by atoms with Gasteiger partial charge in [-0.05, 0) is 54.9 Å². The van der Waals surface area contributed by atoms with Crippen LogP contribution >= 0.6 is 0 Å². The Morgan fingerprint density at radius 1 is 0.969 bits per heavy atom. The first-order chi connectivity index (χ1) is 15.5. The molecule has 0 atom stereocenters. The van der Waals surface area contributed by atoms with Gasteiger partial charge in [-0.1, -0.05) is 13.0 Å². The van der Waals surface area contributed by atoms with Gasteiger partial charge in [-0.15, -0.1) is 0 Å². The Labute approximate surface area is 189 Å². The lowest BCUT2D eigenvalue weighted by Crippen LogP contribution is -2.48. The number of likely N-dealkylation sites (N-methyl/N-ethyl adjacent to an activating group) is 1. The van der Waals surface area contributed by atoms with Crippen molar-refractivity contribution in [1.82, 2.24) is 9.21 Å². The highest BCUT2D eigenvalue weighted by Gasteiger charge is 2.27. The minimum atomic E-state index is -3.52. The molecule has 0 spiro atoms. The van der Waals surface area contributed by atoms with E-state index in [4.69, 9.17) is 9.47 Å². The summed E-state index contributed by atoms with van der Waals surface area (Å²) in [6.07, 6.45) is 0.875. The van der Waals surface area contributed by atoms with Crippen LogP contribution in [0.5, 0.6) is 11.5 Å². The van der Waals surface area contributed by atoms with Gasteiger partial charge < -0.3 is 19.7 Å². The van der Waals surface area contributed by atoms with Gasteiger partial charge in [0.15, 0.2) is 11.5 Å². The number of hydrogen-bond donors (Lipinski definition) is 1. The Morgan fingerprint density at radius 3 is 2.34 bits per heavy atom. The van der Waals surface area contributed by atoms with E-state index in [1.165, 1.54) is 4.31 Å². The molecule has 0 aliphatic carbocycles. The summed E-state index contributed by atoms with van der Waals surface area (Å²) in [4.78, 5) is 14.8. The van der Waals surface area contributed by atoms with Crippen molar-refractivity contribution in [3.8, 4) is 11.5 Å². The number of carbonyl (C=O) groups excluding carboxylic acids is 1. The second kappa shape index (κ2) is 9.89. The van der Waals surface area contributed by atoms with Crippen molar-refractivity contribution in [3.63, 3.8) is 0 Å². The third-order valence-corrected chi connectivity index (χ3v) is 7.71. The first-order valence-electron chi connectivity index (χ1n) is 11.0. The Kier molecular flexibility index (Phi) is 6.98. The van der Waals surface area contributed by atoms with Crippen molar-refractivity contribution in [2.24, 2.45) is 0 Å². The predicted molar refractivity (Wildman–Crippen MR) is 122 cm³/mol. The zero-order valence-corrected chi connectivity index (χ0v) is 19.1. The van der Waals surface area contributed by atoms with E-state index in [1.807, 2.05) is 18.2 Å². The maximum atomic E-state index is 12.9. The molecule has 2 aliphatic rings. The molecule has 0 radical (unpaired) electrons. The second-order valence-electron chi connectivity index (χ2n) is 7.89.